The normalized spacial score (nSPS) is 15.4. The van der Waals surface area contributed by atoms with Gasteiger partial charge in [-0.05, 0) is 132 Å². The van der Waals surface area contributed by atoms with Crippen LogP contribution in [0.25, 0.3) is 0 Å². The van der Waals surface area contributed by atoms with E-state index in [1.807, 2.05) is 76.2 Å². The molecule has 3 aromatic carbocycles. The van der Waals surface area contributed by atoms with Crippen molar-refractivity contribution in [2.45, 2.75) is 113 Å². The lowest BCUT2D eigenvalue weighted by Gasteiger charge is -2.30. The fourth-order valence-corrected chi connectivity index (χ4v) is 7.21. The van der Waals surface area contributed by atoms with E-state index in [0.717, 1.165) is 70.8 Å². The standard InChI is InChI=1S/C46H60N2O6/c1-11-45(9,12-2)53-23-21-51-33-25-29(5)41(30(6)26-33)47-37-19-20-38(40-39(37)43(49)35-17-15-16-18-36(35)44(40)50)48-42-31(7)27-34(28-32(42)8)52-22-24-54-46(10,13-3)14-4/h15-17,19-20,25-28,36,47-48H,11-14,18,21-24H2,1-10H3. The van der Waals surface area contributed by atoms with E-state index in [4.69, 9.17) is 18.9 Å². The molecule has 0 radical (unpaired) electrons. The van der Waals surface area contributed by atoms with Crippen LogP contribution < -0.4 is 20.1 Å². The molecular formula is C46H60N2O6. The summed E-state index contributed by atoms with van der Waals surface area (Å²) in [6.07, 6.45) is 9.90. The molecule has 3 aromatic rings. The Kier molecular flexibility index (Phi) is 13.1. The number of carbonyl (C=O) groups is 2. The van der Waals surface area contributed by atoms with Crippen molar-refractivity contribution < 1.29 is 28.5 Å². The number of hydrogen-bond donors (Lipinski definition) is 2. The Hall–Kier alpha value is -4.40. The second kappa shape index (κ2) is 17.4. The number of carbonyl (C=O) groups excluding carboxylic acids is 2. The highest BCUT2D eigenvalue weighted by Crippen LogP contribution is 2.43. The Bertz CT molecular complexity index is 1870. The second-order valence-corrected chi connectivity index (χ2v) is 15.3. The summed E-state index contributed by atoms with van der Waals surface area (Å²) in [5, 5.41) is 7.12. The largest absolute Gasteiger partial charge is 0.491 e. The third kappa shape index (κ3) is 8.93. The number of Topliss-reactive ketones (excluding diaryl/α,β-unsaturated/α-hetero) is 2. The predicted molar refractivity (Wildman–Crippen MR) is 220 cm³/mol. The van der Waals surface area contributed by atoms with Crippen LogP contribution in [0.1, 0.15) is 117 Å². The van der Waals surface area contributed by atoms with Crippen LogP contribution in [-0.2, 0) is 9.47 Å². The first-order chi connectivity index (χ1) is 25.8. The molecule has 8 nitrogen and oxygen atoms in total. The maximum atomic E-state index is 14.3. The number of anilines is 4. The third-order valence-corrected chi connectivity index (χ3v) is 11.5. The Labute approximate surface area is 322 Å². The summed E-state index contributed by atoms with van der Waals surface area (Å²) in [6.45, 7) is 22.8. The Balaban J connectivity index is 1.41. The molecule has 1 atom stereocenters. The molecule has 8 heteroatoms. The van der Waals surface area contributed by atoms with Crippen molar-refractivity contribution >= 4 is 34.3 Å². The first-order valence-corrected chi connectivity index (χ1v) is 19.7. The molecule has 0 spiro atoms. The average Bonchev–Trinajstić information content (AvgIpc) is 3.17. The molecular weight excluding hydrogens is 677 g/mol. The van der Waals surface area contributed by atoms with Gasteiger partial charge in [-0.3, -0.25) is 9.59 Å². The van der Waals surface area contributed by atoms with E-state index in [0.29, 0.717) is 60.9 Å². The van der Waals surface area contributed by atoms with Gasteiger partial charge in [-0.15, -0.1) is 0 Å². The zero-order valence-electron chi connectivity index (χ0n) is 34.1. The van der Waals surface area contributed by atoms with Gasteiger partial charge in [0.15, 0.2) is 11.6 Å². The molecule has 2 N–H and O–H groups in total. The summed E-state index contributed by atoms with van der Waals surface area (Å²) in [5.41, 5.74) is 7.85. The van der Waals surface area contributed by atoms with Crippen LogP contribution in [0.4, 0.5) is 22.7 Å². The number of rotatable bonds is 18. The van der Waals surface area contributed by atoms with Gasteiger partial charge >= 0.3 is 0 Å². The molecule has 290 valence electrons. The molecule has 0 aliphatic heterocycles. The number of benzene rings is 3. The van der Waals surface area contributed by atoms with Crippen LogP contribution in [0.5, 0.6) is 11.5 Å². The highest BCUT2D eigenvalue weighted by Gasteiger charge is 2.40. The molecule has 2 aliphatic carbocycles. The Morgan fingerprint density at radius 3 is 1.50 bits per heavy atom. The quantitative estimate of drug-likeness (QED) is 0.125. The summed E-state index contributed by atoms with van der Waals surface area (Å²) >= 11 is 0. The number of fused-ring (bicyclic) bond motifs is 2. The summed E-state index contributed by atoms with van der Waals surface area (Å²) in [7, 11) is 0. The molecule has 0 fully saturated rings. The molecule has 0 saturated heterocycles. The molecule has 0 heterocycles. The fraction of sp³-hybridized carbons (Fsp3) is 0.478. The molecule has 1 unspecified atom stereocenters. The van der Waals surface area contributed by atoms with Gasteiger partial charge in [-0.25, -0.2) is 0 Å². The minimum absolute atomic E-state index is 0.0607. The average molecular weight is 737 g/mol. The van der Waals surface area contributed by atoms with Gasteiger partial charge in [0, 0.05) is 16.9 Å². The van der Waals surface area contributed by atoms with E-state index in [1.54, 1.807) is 6.08 Å². The maximum absolute atomic E-state index is 14.3. The highest BCUT2D eigenvalue weighted by molar-refractivity contribution is 6.28. The van der Waals surface area contributed by atoms with Gasteiger partial charge < -0.3 is 29.6 Å². The summed E-state index contributed by atoms with van der Waals surface area (Å²) in [6, 6.07) is 11.8. The highest BCUT2D eigenvalue weighted by atomic mass is 16.5. The van der Waals surface area contributed by atoms with Crippen molar-refractivity contribution in [2.75, 3.05) is 37.1 Å². The molecule has 0 amide bonds. The number of allylic oxidation sites excluding steroid dienone is 4. The number of ketones is 2. The first kappa shape index (κ1) is 40.8. The van der Waals surface area contributed by atoms with E-state index in [1.165, 1.54) is 0 Å². The summed E-state index contributed by atoms with van der Waals surface area (Å²) in [4.78, 5) is 28.7. The number of aryl methyl sites for hydroxylation is 4. The van der Waals surface area contributed by atoms with Crippen LogP contribution in [-0.4, -0.2) is 49.2 Å². The lowest BCUT2D eigenvalue weighted by Crippen LogP contribution is -2.32. The second-order valence-electron chi connectivity index (χ2n) is 15.3. The van der Waals surface area contributed by atoms with Gasteiger partial charge in [0.25, 0.3) is 0 Å². The van der Waals surface area contributed by atoms with Crippen LogP contribution in [0.3, 0.4) is 0 Å². The van der Waals surface area contributed by atoms with Gasteiger partial charge in [0.2, 0.25) is 0 Å². The molecule has 0 aromatic heterocycles. The summed E-state index contributed by atoms with van der Waals surface area (Å²) < 4.78 is 24.4. The minimum Gasteiger partial charge on any atom is -0.491 e. The number of nitrogens with one attached hydrogen (secondary N) is 2. The molecule has 54 heavy (non-hydrogen) atoms. The lowest BCUT2D eigenvalue weighted by molar-refractivity contribution is -0.0475. The number of hydrogen-bond acceptors (Lipinski definition) is 8. The lowest BCUT2D eigenvalue weighted by atomic mass is 9.73. The SMILES string of the molecule is CCC(C)(CC)OCCOc1cc(C)c(Nc2ccc(Nc3c(C)cc(OCCOC(C)(CC)CC)cc3C)c3c2C(=O)C2=CC=CCC2C3=O)c(C)c1. The van der Waals surface area contributed by atoms with E-state index in [-0.39, 0.29) is 22.8 Å². The van der Waals surface area contributed by atoms with E-state index in [2.05, 4.69) is 52.2 Å². The van der Waals surface area contributed by atoms with Crippen molar-refractivity contribution in [3.63, 3.8) is 0 Å². The van der Waals surface area contributed by atoms with Crippen molar-refractivity contribution in [3.8, 4) is 11.5 Å². The van der Waals surface area contributed by atoms with E-state index >= 15 is 0 Å². The Morgan fingerprint density at radius 1 is 0.648 bits per heavy atom. The fourth-order valence-electron chi connectivity index (χ4n) is 7.21. The minimum atomic E-state index is -0.510. The topological polar surface area (TPSA) is 95.1 Å². The van der Waals surface area contributed by atoms with Gasteiger partial charge in [0.05, 0.1) is 52.8 Å². The van der Waals surface area contributed by atoms with Gasteiger partial charge in [-0.1, -0.05) is 45.9 Å². The van der Waals surface area contributed by atoms with Crippen LogP contribution in [0.2, 0.25) is 0 Å². The molecule has 2 aliphatic rings. The van der Waals surface area contributed by atoms with Crippen molar-refractivity contribution in [1.29, 1.82) is 0 Å². The number of ether oxygens (including phenoxy) is 4. The first-order valence-electron chi connectivity index (χ1n) is 19.7. The molecule has 0 bridgehead atoms. The van der Waals surface area contributed by atoms with Crippen LogP contribution in [0.15, 0.2) is 60.2 Å². The van der Waals surface area contributed by atoms with Gasteiger partial charge in [0.1, 0.15) is 24.7 Å². The predicted octanol–water partition coefficient (Wildman–Crippen LogP) is 11.2. The van der Waals surface area contributed by atoms with E-state index in [9.17, 15) is 9.59 Å². The van der Waals surface area contributed by atoms with Crippen LogP contribution >= 0.6 is 0 Å². The van der Waals surface area contributed by atoms with E-state index < -0.39 is 5.92 Å². The zero-order chi connectivity index (χ0) is 39.2. The zero-order valence-corrected chi connectivity index (χ0v) is 34.1. The molecule has 5 rings (SSSR count). The van der Waals surface area contributed by atoms with Crippen molar-refractivity contribution in [3.05, 3.63) is 93.6 Å². The maximum Gasteiger partial charge on any atom is 0.192 e. The van der Waals surface area contributed by atoms with Crippen molar-refractivity contribution in [1.82, 2.24) is 0 Å². The molecule has 0 saturated carbocycles. The smallest absolute Gasteiger partial charge is 0.192 e. The van der Waals surface area contributed by atoms with Gasteiger partial charge in [-0.2, -0.15) is 0 Å². The van der Waals surface area contributed by atoms with Crippen molar-refractivity contribution in [2.24, 2.45) is 5.92 Å². The monoisotopic (exact) mass is 736 g/mol. The summed E-state index contributed by atoms with van der Waals surface area (Å²) in [5.74, 6) is 0.819. The Morgan fingerprint density at radius 2 is 1.07 bits per heavy atom. The van der Waals surface area contributed by atoms with Crippen LogP contribution in [0, 0.1) is 33.6 Å². The third-order valence-electron chi connectivity index (χ3n) is 11.5.